The van der Waals surface area contributed by atoms with Crippen LogP contribution in [0.1, 0.15) is 36.2 Å². The van der Waals surface area contributed by atoms with E-state index in [1.54, 1.807) is 6.92 Å². The van der Waals surface area contributed by atoms with E-state index in [1.165, 1.54) is 35.6 Å². The molecule has 3 aromatic rings. The number of sulfonamides is 1. The highest BCUT2D eigenvalue weighted by atomic mass is 32.2. The number of hydrogen-bond donors (Lipinski definition) is 2. The van der Waals surface area contributed by atoms with Gasteiger partial charge in [0.2, 0.25) is 10.0 Å². The fourth-order valence-electron chi connectivity index (χ4n) is 2.46. The molecule has 0 aliphatic rings. The van der Waals surface area contributed by atoms with Crippen molar-refractivity contribution in [1.82, 2.24) is 9.71 Å². The molecule has 1 aromatic heterocycles. The zero-order valence-electron chi connectivity index (χ0n) is 15.3. The summed E-state index contributed by atoms with van der Waals surface area (Å²) in [4.78, 5) is 17.0. The second-order valence-corrected chi connectivity index (χ2v) is 9.14. The van der Waals surface area contributed by atoms with E-state index in [-0.39, 0.29) is 16.8 Å². The van der Waals surface area contributed by atoms with Crippen LogP contribution in [0.25, 0.3) is 10.2 Å². The number of aryl methyl sites for hydroxylation is 1. The van der Waals surface area contributed by atoms with Crippen LogP contribution >= 0.6 is 11.3 Å². The molecule has 1 amide bonds. The number of fused-ring (bicyclic) bond motifs is 1. The summed E-state index contributed by atoms with van der Waals surface area (Å²) >= 11 is 1.40. The molecule has 2 N–H and O–H groups in total. The van der Waals surface area contributed by atoms with Gasteiger partial charge in [0.15, 0.2) is 5.13 Å². The molecule has 1 heterocycles. The minimum absolute atomic E-state index is 0.134. The zero-order valence-corrected chi connectivity index (χ0v) is 16.9. The van der Waals surface area contributed by atoms with E-state index in [0.717, 1.165) is 15.8 Å². The number of amides is 1. The highest BCUT2D eigenvalue weighted by molar-refractivity contribution is 7.89. The Kier molecular flexibility index (Phi) is 5.59. The van der Waals surface area contributed by atoms with Crippen LogP contribution in [0, 0.1) is 6.92 Å². The molecule has 0 fully saturated rings. The topological polar surface area (TPSA) is 88.2 Å². The quantitative estimate of drug-likeness (QED) is 0.653. The van der Waals surface area contributed by atoms with Gasteiger partial charge in [-0.25, -0.2) is 18.1 Å². The highest BCUT2D eigenvalue weighted by Crippen LogP contribution is 2.27. The maximum absolute atomic E-state index is 12.4. The predicted octanol–water partition coefficient (Wildman–Crippen LogP) is 3.93. The first kappa shape index (κ1) is 19.5. The fraction of sp³-hybridized carbons (Fsp3) is 0.263. The Balaban J connectivity index is 1.75. The third kappa shape index (κ3) is 4.52. The van der Waals surface area contributed by atoms with Crippen LogP contribution < -0.4 is 10.0 Å². The van der Waals surface area contributed by atoms with E-state index >= 15 is 0 Å². The minimum atomic E-state index is -3.59. The van der Waals surface area contributed by atoms with E-state index in [4.69, 9.17) is 0 Å². The molecule has 3 rings (SSSR count). The number of aromatic nitrogens is 1. The van der Waals surface area contributed by atoms with Crippen LogP contribution in [-0.4, -0.2) is 25.4 Å². The van der Waals surface area contributed by atoms with E-state index < -0.39 is 10.0 Å². The average Bonchev–Trinajstić information content (AvgIpc) is 3.02. The van der Waals surface area contributed by atoms with Gasteiger partial charge in [0.25, 0.3) is 5.91 Å². The minimum Gasteiger partial charge on any atom is -0.298 e. The molecule has 1 atom stereocenters. The molecule has 0 aliphatic heterocycles. The highest BCUT2D eigenvalue weighted by Gasteiger charge is 2.17. The molecule has 0 saturated heterocycles. The van der Waals surface area contributed by atoms with Gasteiger partial charge in [0, 0.05) is 11.6 Å². The lowest BCUT2D eigenvalue weighted by Gasteiger charge is -2.12. The van der Waals surface area contributed by atoms with E-state index in [1.807, 2.05) is 32.0 Å². The third-order valence-electron chi connectivity index (χ3n) is 4.16. The maximum atomic E-state index is 12.4. The first-order chi connectivity index (χ1) is 12.8. The van der Waals surface area contributed by atoms with Crippen LogP contribution in [0.2, 0.25) is 0 Å². The van der Waals surface area contributed by atoms with Crippen molar-refractivity contribution in [2.75, 3.05) is 5.32 Å². The van der Waals surface area contributed by atoms with Gasteiger partial charge in [0.1, 0.15) is 0 Å². The predicted molar refractivity (Wildman–Crippen MR) is 109 cm³/mol. The van der Waals surface area contributed by atoms with Gasteiger partial charge in [-0.15, -0.1) is 0 Å². The fourth-order valence-corrected chi connectivity index (χ4v) is 4.74. The number of carbonyl (C=O) groups excluding carboxylic acids is 1. The molecule has 8 heteroatoms. The molecule has 1 unspecified atom stereocenters. The average molecular weight is 404 g/mol. The Morgan fingerprint density at radius 1 is 1.19 bits per heavy atom. The number of nitrogens with one attached hydrogen (secondary N) is 2. The van der Waals surface area contributed by atoms with Crippen molar-refractivity contribution in [1.29, 1.82) is 0 Å². The van der Waals surface area contributed by atoms with Crippen LogP contribution in [-0.2, 0) is 10.0 Å². The molecule has 0 spiro atoms. The summed E-state index contributed by atoms with van der Waals surface area (Å²) in [6, 6.07) is 11.6. The first-order valence-electron chi connectivity index (χ1n) is 8.59. The smallest absolute Gasteiger partial charge is 0.257 e. The number of benzene rings is 2. The summed E-state index contributed by atoms with van der Waals surface area (Å²) in [6.45, 7) is 5.71. The van der Waals surface area contributed by atoms with Crippen molar-refractivity contribution in [2.45, 2.75) is 38.1 Å². The Bertz CT molecular complexity index is 1070. The first-order valence-corrected chi connectivity index (χ1v) is 10.9. The molecular weight excluding hydrogens is 382 g/mol. The molecule has 0 aliphatic carbocycles. The number of carbonyl (C=O) groups is 1. The van der Waals surface area contributed by atoms with Crippen LogP contribution in [0.3, 0.4) is 0 Å². The van der Waals surface area contributed by atoms with Gasteiger partial charge in [-0.2, -0.15) is 0 Å². The Morgan fingerprint density at radius 2 is 1.89 bits per heavy atom. The molecular formula is C19H21N3O3S2. The van der Waals surface area contributed by atoms with Gasteiger partial charge < -0.3 is 0 Å². The molecule has 0 saturated carbocycles. The number of nitrogens with zero attached hydrogens (tertiary/aromatic N) is 1. The van der Waals surface area contributed by atoms with Gasteiger partial charge in [-0.05, 0) is 62.2 Å². The largest absolute Gasteiger partial charge is 0.298 e. The van der Waals surface area contributed by atoms with Crippen molar-refractivity contribution in [2.24, 2.45) is 0 Å². The number of hydrogen-bond acceptors (Lipinski definition) is 5. The van der Waals surface area contributed by atoms with Crippen molar-refractivity contribution in [3.05, 3.63) is 53.6 Å². The monoisotopic (exact) mass is 403 g/mol. The lowest BCUT2D eigenvalue weighted by Crippen LogP contribution is -2.32. The summed E-state index contributed by atoms with van der Waals surface area (Å²) in [7, 11) is -3.59. The molecule has 0 bridgehead atoms. The number of rotatable bonds is 6. The summed E-state index contributed by atoms with van der Waals surface area (Å²) in [5.74, 6) is -0.329. The molecule has 142 valence electrons. The Morgan fingerprint density at radius 3 is 2.56 bits per heavy atom. The van der Waals surface area contributed by atoms with Crippen LogP contribution in [0.5, 0.6) is 0 Å². The Hall–Kier alpha value is -2.29. The van der Waals surface area contributed by atoms with Crippen molar-refractivity contribution < 1.29 is 13.2 Å². The van der Waals surface area contributed by atoms with Crippen LogP contribution in [0.15, 0.2) is 47.4 Å². The summed E-state index contributed by atoms with van der Waals surface area (Å²) in [6.07, 6.45) is 0.696. The Labute approximate surface area is 162 Å². The van der Waals surface area contributed by atoms with Gasteiger partial charge >= 0.3 is 0 Å². The molecule has 6 nitrogen and oxygen atoms in total. The van der Waals surface area contributed by atoms with E-state index in [9.17, 15) is 13.2 Å². The third-order valence-corrected chi connectivity index (χ3v) is 6.70. The maximum Gasteiger partial charge on any atom is 0.257 e. The van der Waals surface area contributed by atoms with E-state index in [2.05, 4.69) is 15.0 Å². The summed E-state index contributed by atoms with van der Waals surface area (Å²) in [5, 5.41) is 3.28. The number of thiazole rings is 1. The van der Waals surface area contributed by atoms with Gasteiger partial charge in [-0.3, -0.25) is 10.1 Å². The van der Waals surface area contributed by atoms with Crippen LogP contribution in [0.4, 0.5) is 5.13 Å². The summed E-state index contributed by atoms with van der Waals surface area (Å²) < 4.78 is 28.2. The normalized spacial score (nSPS) is 12.9. The van der Waals surface area contributed by atoms with Crippen molar-refractivity contribution in [3.63, 3.8) is 0 Å². The van der Waals surface area contributed by atoms with Gasteiger partial charge in [0.05, 0.1) is 15.1 Å². The molecule has 2 aromatic carbocycles. The second-order valence-electron chi connectivity index (χ2n) is 6.40. The zero-order chi connectivity index (χ0) is 19.6. The second kappa shape index (κ2) is 7.75. The standard InChI is InChI=1S/C19H21N3O3S2/c1-4-13(3)22-27(24,25)15-8-6-14(7-9-15)18(23)21-19-20-16-10-5-12(2)11-17(16)26-19/h5-11,13,22H,4H2,1-3H3,(H,20,21,23). The lowest BCUT2D eigenvalue weighted by molar-refractivity contribution is 0.102. The summed E-state index contributed by atoms with van der Waals surface area (Å²) in [5.41, 5.74) is 2.33. The molecule has 0 radical (unpaired) electrons. The van der Waals surface area contributed by atoms with Crippen molar-refractivity contribution >= 4 is 42.6 Å². The SMILES string of the molecule is CCC(C)NS(=O)(=O)c1ccc(C(=O)Nc2nc3ccc(C)cc3s2)cc1. The van der Waals surface area contributed by atoms with E-state index in [0.29, 0.717) is 17.1 Å². The number of anilines is 1. The molecule has 27 heavy (non-hydrogen) atoms. The van der Waals surface area contributed by atoms with Gasteiger partial charge in [-0.1, -0.05) is 24.3 Å². The lowest BCUT2D eigenvalue weighted by atomic mass is 10.2. The van der Waals surface area contributed by atoms with Crippen molar-refractivity contribution in [3.8, 4) is 0 Å².